The number of aliphatic hydroxyl groups excluding tert-OH is 1. The minimum absolute atomic E-state index is 0.0272. The first-order valence-electron chi connectivity index (χ1n) is 10.9. The van der Waals surface area contributed by atoms with Crippen LogP contribution in [0.2, 0.25) is 18.1 Å². The Hall–Kier alpha value is -2.77. The first-order valence-corrected chi connectivity index (χ1v) is 13.8. The summed E-state index contributed by atoms with van der Waals surface area (Å²) in [6, 6.07) is 0. The molecule has 0 saturated heterocycles. The summed E-state index contributed by atoms with van der Waals surface area (Å²) in [5, 5.41) is 17.3. The zero-order valence-electron chi connectivity index (χ0n) is 20.9. The molecule has 0 unspecified atom stereocenters. The normalized spacial score (nSPS) is 15.1. The molecule has 0 saturated carbocycles. The number of aliphatic hydroxyl groups is 1. The molecule has 2 aromatic rings. The number of aromatic nitrogens is 4. The Morgan fingerprint density at radius 2 is 2.06 bits per heavy atom. The molecule has 0 aliphatic heterocycles. The fourth-order valence-corrected chi connectivity index (χ4v) is 3.80. The van der Waals surface area contributed by atoms with Crippen LogP contribution < -0.4 is 10.9 Å². The minimum Gasteiger partial charge on any atom is -0.414 e. The van der Waals surface area contributed by atoms with Crippen molar-refractivity contribution < 1.29 is 19.1 Å². The molecule has 0 radical (unpaired) electrons. The number of nitrogens with one attached hydrogen (secondary N) is 2. The molecule has 0 bridgehead atoms. The van der Waals surface area contributed by atoms with Gasteiger partial charge in [-0.1, -0.05) is 39.7 Å². The van der Waals surface area contributed by atoms with Gasteiger partial charge in [-0.05, 0) is 23.7 Å². The number of nitrogens with zero attached hydrogens (tertiary/aromatic N) is 6. The minimum atomic E-state index is -2.14. The van der Waals surface area contributed by atoms with Gasteiger partial charge in [0, 0.05) is 17.9 Å². The highest BCUT2D eigenvalue weighted by atomic mass is 28.4. The molecule has 3 N–H and O–H groups in total. The molecule has 0 aromatic carbocycles. The number of methoxy groups -OCH3 is 1. The molecule has 3 atom stereocenters. The second-order valence-electron chi connectivity index (χ2n) is 9.84. The number of amides is 1. The molecule has 0 spiro atoms. The van der Waals surface area contributed by atoms with Crippen molar-refractivity contribution in [2.75, 3.05) is 19.0 Å². The fourth-order valence-electron chi connectivity index (χ4n) is 2.79. The van der Waals surface area contributed by atoms with E-state index >= 15 is 0 Å². The van der Waals surface area contributed by atoms with Crippen LogP contribution in [0, 0.1) is 5.92 Å². The highest BCUT2D eigenvalue weighted by Crippen LogP contribution is 2.37. The van der Waals surface area contributed by atoms with Gasteiger partial charge in [-0.15, -0.1) is 0 Å². The fraction of sp³-hybridized carbons (Fsp3) is 0.700. The van der Waals surface area contributed by atoms with Crippen molar-refractivity contribution in [3.05, 3.63) is 27.1 Å². The summed E-state index contributed by atoms with van der Waals surface area (Å²) in [5.41, 5.74) is 8.56. The lowest BCUT2D eigenvalue weighted by Gasteiger charge is -2.38. The second-order valence-corrected chi connectivity index (χ2v) is 14.6. The van der Waals surface area contributed by atoms with E-state index in [-0.39, 0.29) is 40.6 Å². The van der Waals surface area contributed by atoms with Crippen molar-refractivity contribution in [3.8, 4) is 0 Å². The predicted octanol–water partition coefficient (Wildman–Crippen LogP) is 2.92. The van der Waals surface area contributed by atoms with E-state index in [0.717, 1.165) is 0 Å². The first-order chi connectivity index (χ1) is 15.7. The molecule has 1 amide bonds. The summed E-state index contributed by atoms with van der Waals surface area (Å²) in [4.78, 5) is 38.1. The number of hydrogen-bond donors (Lipinski definition) is 3. The van der Waals surface area contributed by atoms with Gasteiger partial charge in [0.2, 0.25) is 11.9 Å². The lowest BCUT2D eigenvalue weighted by atomic mass is 10.1. The Morgan fingerprint density at radius 1 is 1.41 bits per heavy atom. The Bertz CT molecular complexity index is 1120. The summed E-state index contributed by atoms with van der Waals surface area (Å²) in [6.07, 6.45) is -2.20. The smallest absolute Gasteiger partial charge is 0.280 e. The van der Waals surface area contributed by atoms with E-state index in [0.29, 0.717) is 0 Å². The maximum atomic E-state index is 12.5. The molecule has 188 valence electrons. The number of azide groups is 1. The maximum Gasteiger partial charge on any atom is 0.280 e. The van der Waals surface area contributed by atoms with E-state index in [4.69, 9.17) is 14.7 Å². The van der Waals surface area contributed by atoms with Crippen LogP contribution in [-0.4, -0.2) is 64.8 Å². The Balaban J connectivity index is 2.43. The zero-order valence-corrected chi connectivity index (χ0v) is 21.9. The molecule has 34 heavy (non-hydrogen) atoms. The van der Waals surface area contributed by atoms with Crippen LogP contribution in [0.25, 0.3) is 21.6 Å². The summed E-state index contributed by atoms with van der Waals surface area (Å²) in [6.45, 7) is 13.9. The molecule has 0 aliphatic rings. The van der Waals surface area contributed by atoms with Crippen LogP contribution in [0.1, 0.15) is 40.8 Å². The summed E-state index contributed by atoms with van der Waals surface area (Å²) in [5.74, 6) is -0.772. The molecular weight excluding hydrogens is 460 g/mol. The number of imidazole rings is 1. The SMILES string of the molecule is CO[C@H](CO[Si](C)(C)C(C)(C)C)[C@H](O)[C@@H](N=[N+]=[N-])n1cnc2c(=O)[nH]c(NC(=O)C(C)C)nc21. The van der Waals surface area contributed by atoms with Crippen molar-refractivity contribution in [1.29, 1.82) is 0 Å². The molecule has 2 rings (SSSR count). The monoisotopic (exact) mass is 494 g/mol. The highest BCUT2D eigenvalue weighted by Gasteiger charge is 2.39. The van der Waals surface area contributed by atoms with Crippen LogP contribution in [0.4, 0.5) is 5.95 Å². The van der Waals surface area contributed by atoms with Gasteiger partial charge in [0.05, 0.1) is 12.9 Å². The standard InChI is InChI=1S/C20H34N8O5Si/c1-11(2)17(30)24-19-23-15-13(18(31)25-19)22-10-28(15)16(26-27-21)14(29)12(32-6)9-33-34(7,8)20(3,4)5/h10-12,14,16,29H,9H2,1-8H3,(H2,23,24,25,30,31)/t12-,14+,16+/m1/s1. The van der Waals surface area contributed by atoms with E-state index < -0.39 is 32.3 Å². The van der Waals surface area contributed by atoms with Gasteiger partial charge < -0.3 is 18.8 Å². The largest absolute Gasteiger partial charge is 0.414 e. The molecule has 0 fully saturated rings. The quantitative estimate of drug-likeness (QED) is 0.196. The molecule has 14 heteroatoms. The van der Waals surface area contributed by atoms with Gasteiger partial charge in [-0.3, -0.25) is 19.9 Å². The van der Waals surface area contributed by atoms with Crippen molar-refractivity contribution in [1.82, 2.24) is 19.5 Å². The third kappa shape index (κ3) is 6.01. The van der Waals surface area contributed by atoms with E-state index in [2.05, 4.69) is 64.2 Å². The van der Waals surface area contributed by atoms with Crippen LogP contribution in [-0.2, 0) is 14.0 Å². The number of H-pyrrole nitrogens is 1. The van der Waals surface area contributed by atoms with E-state index in [1.807, 2.05) is 0 Å². The van der Waals surface area contributed by atoms with Crippen molar-refractivity contribution >= 4 is 31.3 Å². The maximum absolute atomic E-state index is 12.5. The van der Waals surface area contributed by atoms with Gasteiger partial charge in [-0.25, -0.2) is 4.98 Å². The lowest BCUT2D eigenvalue weighted by Crippen LogP contribution is -2.46. The third-order valence-corrected chi connectivity index (χ3v) is 10.6. The molecular formula is C20H34N8O5Si. The van der Waals surface area contributed by atoms with Crippen molar-refractivity contribution in [3.63, 3.8) is 0 Å². The highest BCUT2D eigenvalue weighted by molar-refractivity contribution is 6.74. The van der Waals surface area contributed by atoms with Crippen LogP contribution in [0.5, 0.6) is 0 Å². The number of rotatable bonds is 10. The number of ether oxygens (including phenoxy) is 1. The lowest BCUT2D eigenvalue weighted by molar-refractivity contribution is -0.118. The topological polar surface area (TPSA) is 180 Å². The summed E-state index contributed by atoms with van der Waals surface area (Å²) in [7, 11) is -0.724. The average molecular weight is 495 g/mol. The van der Waals surface area contributed by atoms with E-state index in [1.165, 1.54) is 18.0 Å². The van der Waals surface area contributed by atoms with Gasteiger partial charge in [-0.2, -0.15) is 4.98 Å². The number of aromatic amines is 1. The number of fused-ring (bicyclic) bond motifs is 1. The summed E-state index contributed by atoms with van der Waals surface area (Å²) >= 11 is 0. The van der Waals surface area contributed by atoms with Crippen LogP contribution in [0.3, 0.4) is 0 Å². The zero-order chi connectivity index (χ0) is 25.8. The summed E-state index contributed by atoms with van der Waals surface area (Å²) < 4.78 is 12.9. The van der Waals surface area contributed by atoms with Gasteiger partial charge >= 0.3 is 0 Å². The van der Waals surface area contributed by atoms with Gasteiger partial charge in [0.15, 0.2) is 19.5 Å². The van der Waals surface area contributed by atoms with E-state index in [1.54, 1.807) is 13.8 Å². The molecule has 13 nitrogen and oxygen atoms in total. The average Bonchev–Trinajstić information content (AvgIpc) is 3.15. The molecule has 2 heterocycles. The third-order valence-electron chi connectivity index (χ3n) is 6.06. The second kappa shape index (κ2) is 10.7. The van der Waals surface area contributed by atoms with Gasteiger partial charge in [0.25, 0.3) is 5.56 Å². The van der Waals surface area contributed by atoms with Crippen molar-refractivity contribution in [2.24, 2.45) is 11.0 Å². The van der Waals surface area contributed by atoms with Crippen LogP contribution in [0.15, 0.2) is 16.2 Å². The van der Waals surface area contributed by atoms with E-state index in [9.17, 15) is 14.7 Å². The number of anilines is 1. The number of carbonyl (C=O) groups excluding carboxylic acids is 1. The Kier molecular flexibility index (Phi) is 8.61. The molecule has 2 aromatic heterocycles. The van der Waals surface area contributed by atoms with Crippen molar-refractivity contribution in [2.45, 2.75) is 71.1 Å². The molecule has 0 aliphatic carbocycles. The Morgan fingerprint density at radius 3 is 2.59 bits per heavy atom. The first kappa shape index (κ1) is 27.5. The number of carbonyl (C=O) groups is 1. The van der Waals surface area contributed by atoms with Crippen LogP contribution >= 0.6 is 0 Å². The Labute approximate surface area is 198 Å². The van der Waals surface area contributed by atoms with Gasteiger partial charge in [0.1, 0.15) is 18.4 Å². The number of hydrogen-bond acceptors (Lipinski definition) is 8. The predicted molar refractivity (Wildman–Crippen MR) is 130 cm³/mol.